The van der Waals surface area contributed by atoms with Crippen LogP contribution in [0.15, 0.2) is 60.7 Å². The van der Waals surface area contributed by atoms with Crippen molar-refractivity contribution in [3.63, 3.8) is 0 Å². The van der Waals surface area contributed by atoms with Crippen LogP contribution in [0.1, 0.15) is 31.9 Å². The molecular weight excluding hydrogens is 412 g/mol. The molecule has 0 spiro atoms. The highest BCUT2D eigenvalue weighted by Crippen LogP contribution is 2.11. The number of carbonyl (C=O) groups excluding carboxylic acids is 2. The molecule has 0 heterocycles. The van der Waals surface area contributed by atoms with Crippen molar-refractivity contribution in [3.8, 4) is 0 Å². The quantitative estimate of drug-likeness (QED) is 0.408. The number of nitrogens with zero attached hydrogens (tertiary/aromatic N) is 2. The molecule has 6 heteroatoms. The van der Waals surface area contributed by atoms with Crippen molar-refractivity contribution in [1.29, 1.82) is 0 Å². The van der Waals surface area contributed by atoms with E-state index in [0.29, 0.717) is 23.1 Å². The van der Waals surface area contributed by atoms with E-state index < -0.39 is 5.92 Å². The van der Waals surface area contributed by atoms with E-state index in [2.05, 4.69) is 0 Å². The van der Waals surface area contributed by atoms with Crippen molar-refractivity contribution in [3.05, 3.63) is 71.8 Å². The van der Waals surface area contributed by atoms with Crippen LogP contribution in [-0.4, -0.2) is 57.5 Å². The van der Waals surface area contributed by atoms with E-state index in [9.17, 15) is 9.59 Å². The Morgan fingerprint density at radius 1 is 0.733 bits per heavy atom. The van der Waals surface area contributed by atoms with Crippen LogP contribution in [-0.2, 0) is 9.59 Å². The molecule has 30 heavy (non-hydrogen) atoms. The van der Waals surface area contributed by atoms with Crippen molar-refractivity contribution in [2.24, 2.45) is 5.92 Å². The minimum absolute atomic E-state index is 0.117. The zero-order valence-corrected chi connectivity index (χ0v) is 19.3. The summed E-state index contributed by atoms with van der Waals surface area (Å²) < 4.78 is 0. The zero-order valence-electron chi connectivity index (χ0n) is 17.7. The lowest BCUT2D eigenvalue weighted by Crippen LogP contribution is -2.42. The fourth-order valence-corrected chi connectivity index (χ4v) is 3.67. The first-order chi connectivity index (χ1) is 14.4. The highest BCUT2D eigenvalue weighted by atomic mass is 32.1. The van der Waals surface area contributed by atoms with Crippen LogP contribution in [0.3, 0.4) is 0 Å². The molecule has 0 amide bonds. The molecule has 0 unspecified atom stereocenters. The van der Waals surface area contributed by atoms with E-state index in [1.54, 1.807) is 6.92 Å². The van der Waals surface area contributed by atoms with E-state index in [1.807, 2.05) is 84.3 Å². The molecule has 4 nitrogen and oxygen atoms in total. The molecule has 2 aromatic rings. The summed E-state index contributed by atoms with van der Waals surface area (Å²) in [6, 6.07) is 19.2. The van der Waals surface area contributed by atoms with Crippen LogP contribution in [0.5, 0.6) is 0 Å². The maximum absolute atomic E-state index is 12.8. The second-order valence-corrected chi connectivity index (χ2v) is 7.80. The van der Waals surface area contributed by atoms with Gasteiger partial charge in [-0.25, -0.2) is 0 Å². The third-order valence-electron chi connectivity index (χ3n) is 5.04. The second-order valence-electron chi connectivity index (χ2n) is 7.03. The predicted octanol–water partition coefficient (Wildman–Crippen LogP) is 4.16. The van der Waals surface area contributed by atoms with Gasteiger partial charge in [0.1, 0.15) is 9.98 Å². The van der Waals surface area contributed by atoms with Gasteiger partial charge in [-0.1, -0.05) is 85.1 Å². The van der Waals surface area contributed by atoms with Crippen molar-refractivity contribution in [1.82, 2.24) is 9.80 Å². The second kappa shape index (κ2) is 11.7. The first-order valence-electron chi connectivity index (χ1n) is 10.1. The Hall–Kier alpha value is -2.44. The van der Waals surface area contributed by atoms with Gasteiger partial charge in [0.15, 0.2) is 11.6 Å². The maximum atomic E-state index is 12.8. The van der Waals surface area contributed by atoms with Crippen LogP contribution in [0.4, 0.5) is 0 Å². The highest BCUT2D eigenvalue weighted by Gasteiger charge is 2.26. The number of hydrogen-bond acceptors (Lipinski definition) is 4. The molecule has 0 aliphatic heterocycles. The van der Waals surface area contributed by atoms with E-state index in [0.717, 1.165) is 11.1 Å². The molecule has 0 atom stereocenters. The van der Waals surface area contributed by atoms with Gasteiger partial charge in [-0.15, -0.1) is 0 Å². The summed E-state index contributed by atoms with van der Waals surface area (Å²) in [5.41, 5.74) is 1.79. The Labute approximate surface area is 189 Å². The zero-order chi connectivity index (χ0) is 22.1. The Bertz CT molecular complexity index is 811. The van der Waals surface area contributed by atoms with Gasteiger partial charge in [0.25, 0.3) is 0 Å². The molecule has 158 valence electrons. The fraction of sp³-hybridized carbons (Fsp3) is 0.333. The Morgan fingerprint density at radius 3 is 1.37 bits per heavy atom. The molecule has 0 saturated carbocycles. The molecule has 0 N–H and O–H groups in total. The third kappa shape index (κ3) is 6.28. The van der Waals surface area contributed by atoms with Gasteiger partial charge in [-0.3, -0.25) is 9.59 Å². The fourth-order valence-electron chi connectivity index (χ4n) is 3.01. The van der Waals surface area contributed by atoms with Crippen LogP contribution in [0.25, 0.3) is 0 Å². The SMILES string of the molecule is CCN(CC(=O)C(C)C(=O)CN(CC)C(=S)c1ccccc1)C(=S)c1ccccc1. The number of Topliss-reactive ketones (excluding diaryl/α,β-unsaturated/α-hetero) is 2. The standard InChI is InChI=1S/C24H28N2O2S2/c1-4-25(23(29)19-12-8-6-9-13-19)16-21(27)18(3)22(28)17-26(5-2)24(30)20-14-10-7-11-15-20/h6-15,18H,4-5,16-17H2,1-3H3. The summed E-state index contributed by atoms with van der Waals surface area (Å²) >= 11 is 11.1. The average molecular weight is 441 g/mol. The van der Waals surface area contributed by atoms with Crippen molar-refractivity contribution in [2.75, 3.05) is 26.2 Å². The minimum atomic E-state index is -0.717. The highest BCUT2D eigenvalue weighted by molar-refractivity contribution is 7.80. The molecule has 0 fully saturated rings. The van der Waals surface area contributed by atoms with Crippen molar-refractivity contribution in [2.45, 2.75) is 20.8 Å². The molecule has 0 saturated heterocycles. The summed E-state index contributed by atoms with van der Waals surface area (Å²) in [5.74, 6) is -0.992. The largest absolute Gasteiger partial charge is 0.355 e. The summed E-state index contributed by atoms with van der Waals surface area (Å²) in [6.45, 7) is 7.00. The molecule has 2 aromatic carbocycles. The van der Waals surface area contributed by atoms with E-state index in [1.165, 1.54) is 0 Å². The summed E-state index contributed by atoms with van der Waals surface area (Å²) in [6.07, 6.45) is 0. The van der Waals surface area contributed by atoms with Gasteiger partial charge in [0, 0.05) is 24.2 Å². The van der Waals surface area contributed by atoms with Crippen LogP contribution < -0.4 is 0 Å². The van der Waals surface area contributed by atoms with Gasteiger partial charge in [0.05, 0.1) is 19.0 Å². The molecule has 0 aromatic heterocycles. The monoisotopic (exact) mass is 440 g/mol. The van der Waals surface area contributed by atoms with Crippen molar-refractivity contribution < 1.29 is 9.59 Å². The normalized spacial score (nSPS) is 10.5. The summed E-state index contributed by atoms with van der Waals surface area (Å²) in [4.78, 5) is 30.6. The first-order valence-corrected chi connectivity index (χ1v) is 10.9. The number of thiocarbonyl (C=S) groups is 2. The number of ketones is 2. The maximum Gasteiger partial charge on any atom is 0.162 e. The summed E-state index contributed by atoms with van der Waals surface area (Å²) in [5, 5.41) is 0. The Balaban J connectivity index is 2.00. The van der Waals surface area contributed by atoms with E-state index in [4.69, 9.17) is 24.4 Å². The van der Waals surface area contributed by atoms with Crippen molar-refractivity contribution >= 4 is 46.0 Å². The smallest absolute Gasteiger partial charge is 0.162 e. The number of rotatable bonds is 10. The minimum Gasteiger partial charge on any atom is -0.355 e. The Kier molecular flexibility index (Phi) is 9.27. The van der Waals surface area contributed by atoms with Gasteiger partial charge in [-0.05, 0) is 20.8 Å². The molecule has 0 radical (unpaired) electrons. The van der Waals surface area contributed by atoms with Crippen LogP contribution in [0.2, 0.25) is 0 Å². The third-order valence-corrected chi connectivity index (χ3v) is 6.03. The number of hydrogen-bond donors (Lipinski definition) is 0. The molecule has 2 rings (SSSR count). The lowest BCUT2D eigenvalue weighted by atomic mass is 9.99. The van der Waals surface area contributed by atoms with Crippen LogP contribution in [0, 0.1) is 5.92 Å². The molecular formula is C24H28N2O2S2. The summed E-state index contributed by atoms with van der Waals surface area (Å²) in [7, 11) is 0. The topological polar surface area (TPSA) is 40.6 Å². The van der Waals surface area contributed by atoms with Crippen LogP contribution >= 0.6 is 24.4 Å². The lowest BCUT2D eigenvalue weighted by molar-refractivity contribution is -0.132. The predicted molar refractivity (Wildman–Crippen MR) is 130 cm³/mol. The van der Waals surface area contributed by atoms with E-state index >= 15 is 0 Å². The van der Waals surface area contributed by atoms with E-state index in [-0.39, 0.29) is 24.7 Å². The van der Waals surface area contributed by atoms with Gasteiger partial charge in [-0.2, -0.15) is 0 Å². The number of likely N-dealkylation sites (N-methyl/N-ethyl adjacent to an activating group) is 2. The lowest BCUT2D eigenvalue weighted by Gasteiger charge is -2.26. The average Bonchev–Trinajstić information content (AvgIpc) is 2.80. The number of carbonyl (C=O) groups is 2. The van der Waals surface area contributed by atoms with Gasteiger partial charge in [0.2, 0.25) is 0 Å². The number of benzene rings is 2. The first kappa shape index (κ1) is 23.8. The Morgan fingerprint density at radius 2 is 1.07 bits per heavy atom. The van der Waals surface area contributed by atoms with Gasteiger partial charge >= 0.3 is 0 Å². The molecule has 0 bridgehead atoms. The molecule has 0 aliphatic rings. The van der Waals surface area contributed by atoms with Gasteiger partial charge < -0.3 is 9.80 Å². The molecule has 0 aliphatic carbocycles.